The molecule has 150 valence electrons. The van der Waals surface area contributed by atoms with Crippen molar-refractivity contribution in [2.75, 3.05) is 11.4 Å². The molecule has 1 aliphatic rings. The number of aromatic nitrogens is 2. The lowest BCUT2D eigenvalue weighted by Gasteiger charge is -2.24. The normalized spacial score (nSPS) is 12.3. The lowest BCUT2D eigenvalue weighted by Crippen LogP contribution is -2.35. The zero-order valence-corrected chi connectivity index (χ0v) is 17.3. The molecule has 0 spiro atoms. The molecular weight excluding hydrogens is 362 g/mol. The van der Waals surface area contributed by atoms with Crippen LogP contribution in [0.3, 0.4) is 0 Å². The number of hydrogen-bond acceptors (Lipinski definition) is 3. The molecule has 2 heterocycles. The van der Waals surface area contributed by atoms with Gasteiger partial charge in [-0.15, -0.1) is 0 Å². The van der Waals surface area contributed by atoms with Crippen LogP contribution in [0.2, 0.25) is 0 Å². The Labute approximate surface area is 171 Å². The van der Waals surface area contributed by atoms with Gasteiger partial charge in [0.25, 0.3) is 0 Å². The van der Waals surface area contributed by atoms with Crippen molar-refractivity contribution in [1.29, 1.82) is 0 Å². The molecule has 1 aromatic heterocycles. The highest BCUT2D eigenvalue weighted by Crippen LogP contribution is 2.37. The van der Waals surface area contributed by atoms with Crippen LogP contribution in [0.1, 0.15) is 44.2 Å². The maximum Gasteiger partial charge on any atom is 0.248 e. The van der Waals surface area contributed by atoms with Crippen LogP contribution in [0.25, 0.3) is 11.3 Å². The number of para-hydroxylation sites is 1. The summed E-state index contributed by atoms with van der Waals surface area (Å²) in [6.45, 7) is 7.80. The predicted octanol–water partition coefficient (Wildman–Crippen LogP) is 5.01. The van der Waals surface area contributed by atoms with E-state index in [1.54, 1.807) is 6.20 Å². The van der Waals surface area contributed by atoms with Crippen molar-refractivity contribution in [3.05, 3.63) is 65.9 Å². The van der Waals surface area contributed by atoms with Gasteiger partial charge in [-0.2, -0.15) is 5.10 Å². The van der Waals surface area contributed by atoms with Crippen molar-refractivity contribution in [3.8, 4) is 17.0 Å². The Morgan fingerprint density at radius 1 is 1.17 bits per heavy atom. The highest BCUT2D eigenvalue weighted by molar-refractivity contribution is 5.93. The van der Waals surface area contributed by atoms with Crippen LogP contribution in [0.15, 0.2) is 54.7 Å². The minimum absolute atomic E-state index is 0.0408. The second-order valence-electron chi connectivity index (χ2n) is 7.75. The molecular formula is C24H27N3O2. The first kappa shape index (κ1) is 19.2. The van der Waals surface area contributed by atoms with E-state index in [2.05, 4.69) is 38.0 Å². The van der Waals surface area contributed by atoms with Crippen molar-refractivity contribution in [2.45, 2.75) is 46.3 Å². The minimum Gasteiger partial charge on any atom is -0.488 e. The molecule has 5 heteroatoms. The van der Waals surface area contributed by atoms with Crippen LogP contribution in [0, 0.1) is 0 Å². The second kappa shape index (κ2) is 8.11. The first-order valence-electron chi connectivity index (χ1n) is 10.3. The molecule has 3 aromatic rings. The van der Waals surface area contributed by atoms with Crippen molar-refractivity contribution >= 4 is 11.6 Å². The van der Waals surface area contributed by atoms with Crippen molar-refractivity contribution in [1.82, 2.24) is 9.78 Å². The summed E-state index contributed by atoms with van der Waals surface area (Å²) in [5.74, 6) is 1.35. The summed E-state index contributed by atoms with van der Waals surface area (Å²) >= 11 is 0. The van der Waals surface area contributed by atoms with E-state index in [-0.39, 0.29) is 12.5 Å². The lowest BCUT2D eigenvalue weighted by molar-refractivity contribution is -0.119. The van der Waals surface area contributed by atoms with Crippen molar-refractivity contribution < 1.29 is 9.53 Å². The van der Waals surface area contributed by atoms with E-state index in [0.717, 1.165) is 34.7 Å². The number of anilines is 1. The number of benzene rings is 2. The van der Waals surface area contributed by atoms with E-state index >= 15 is 0 Å². The molecule has 5 nitrogen and oxygen atoms in total. The van der Waals surface area contributed by atoms with E-state index in [1.807, 2.05) is 46.0 Å². The zero-order chi connectivity index (χ0) is 20.4. The third-order valence-electron chi connectivity index (χ3n) is 5.35. The fourth-order valence-corrected chi connectivity index (χ4v) is 3.78. The highest BCUT2D eigenvalue weighted by Gasteiger charge is 2.24. The molecule has 0 aliphatic carbocycles. The van der Waals surface area contributed by atoms with Crippen LogP contribution in [0.4, 0.5) is 5.69 Å². The van der Waals surface area contributed by atoms with Crippen LogP contribution in [0.5, 0.6) is 5.75 Å². The molecule has 0 unspecified atom stereocenters. The third-order valence-corrected chi connectivity index (χ3v) is 5.35. The fourth-order valence-electron chi connectivity index (χ4n) is 3.78. The van der Waals surface area contributed by atoms with Gasteiger partial charge < -0.3 is 9.64 Å². The molecule has 2 aromatic carbocycles. The number of hydrogen-bond donors (Lipinski definition) is 0. The first-order chi connectivity index (χ1) is 14.1. The number of fused-ring (bicyclic) bond motifs is 3. The zero-order valence-electron chi connectivity index (χ0n) is 17.3. The highest BCUT2D eigenvalue weighted by atomic mass is 16.5. The minimum atomic E-state index is 0.0408. The van der Waals surface area contributed by atoms with Crippen LogP contribution in [-0.4, -0.2) is 22.2 Å². The molecule has 4 rings (SSSR count). The van der Waals surface area contributed by atoms with E-state index in [0.29, 0.717) is 19.1 Å². The number of amides is 1. The monoisotopic (exact) mass is 389 g/mol. The molecule has 0 bridgehead atoms. The molecule has 29 heavy (non-hydrogen) atoms. The van der Waals surface area contributed by atoms with Gasteiger partial charge in [-0.3, -0.25) is 9.48 Å². The van der Waals surface area contributed by atoms with Crippen LogP contribution < -0.4 is 9.64 Å². The molecule has 0 fully saturated rings. The predicted molar refractivity (Wildman–Crippen MR) is 115 cm³/mol. The van der Waals surface area contributed by atoms with E-state index in [9.17, 15) is 4.79 Å². The number of nitrogens with zero attached hydrogens (tertiary/aromatic N) is 3. The van der Waals surface area contributed by atoms with E-state index in [1.165, 1.54) is 5.56 Å². The third kappa shape index (κ3) is 3.77. The largest absolute Gasteiger partial charge is 0.488 e. The molecule has 0 atom stereocenters. The Kier molecular flexibility index (Phi) is 5.38. The Morgan fingerprint density at radius 3 is 2.66 bits per heavy atom. The average molecular weight is 389 g/mol. The fraction of sp³-hybridized carbons (Fsp3) is 0.333. The quantitative estimate of drug-likeness (QED) is 0.595. The number of carbonyl (C=O) groups is 1. The van der Waals surface area contributed by atoms with Gasteiger partial charge in [-0.05, 0) is 42.2 Å². The summed E-state index contributed by atoms with van der Waals surface area (Å²) in [4.78, 5) is 15.1. The van der Waals surface area contributed by atoms with E-state index < -0.39 is 0 Å². The Balaban J connectivity index is 1.61. The standard InChI is InChI=1S/C24H27N3O2/c1-4-13-26(20-11-9-18(10-12-20)17(2)3)23(28)15-27-24-19(14-25-27)16-29-22-8-6-5-7-21(22)24/h5-12,14,17H,4,13,15-16H2,1-3H3. The summed E-state index contributed by atoms with van der Waals surface area (Å²) in [7, 11) is 0. The van der Waals surface area contributed by atoms with Gasteiger partial charge in [0.1, 0.15) is 18.9 Å². The Morgan fingerprint density at radius 2 is 1.93 bits per heavy atom. The maximum absolute atomic E-state index is 13.3. The second-order valence-corrected chi connectivity index (χ2v) is 7.75. The summed E-state index contributed by atoms with van der Waals surface area (Å²) in [5.41, 5.74) is 5.19. The van der Waals surface area contributed by atoms with Gasteiger partial charge in [0.05, 0.1) is 11.9 Å². The van der Waals surface area contributed by atoms with Crippen LogP contribution >= 0.6 is 0 Å². The van der Waals surface area contributed by atoms with Gasteiger partial charge in [-0.25, -0.2) is 0 Å². The van der Waals surface area contributed by atoms with Gasteiger partial charge in [-0.1, -0.05) is 45.0 Å². The van der Waals surface area contributed by atoms with Gasteiger partial charge in [0, 0.05) is 23.4 Å². The molecule has 1 amide bonds. The molecule has 1 aliphatic heterocycles. The average Bonchev–Trinajstić information content (AvgIpc) is 3.15. The summed E-state index contributed by atoms with van der Waals surface area (Å²) in [6.07, 6.45) is 2.70. The maximum atomic E-state index is 13.3. The summed E-state index contributed by atoms with van der Waals surface area (Å²) in [5, 5.41) is 4.50. The Hall–Kier alpha value is -3.08. The number of carbonyl (C=O) groups excluding carboxylic acids is 1. The van der Waals surface area contributed by atoms with Gasteiger partial charge >= 0.3 is 0 Å². The smallest absolute Gasteiger partial charge is 0.248 e. The first-order valence-corrected chi connectivity index (χ1v) is 10.3. The molecule has 0 saturated heterocycles. The Bertz CT molecular complexity index is 1010. The van der Waals surface area contributed by atoms with Crippen LogP contribution in [-0.2, 0) is 17.9 Å². The molecule has 0 N–H and O–H groups in total. The van der Waals surface area contributed by atoms with Gasteiger partial charge in [0.2, 0.25) is 5.91 Å². The molecule has 0 radical (unpaired) electrons. The van der Waals surface area contributed by atoms with Gasteiger partial charge in [0.15, 0.2) is 0 Å². The number of ether oxygens (including phenoxy) is 1. The molecule has 0 saturated carbocycles. The van der Waals surface area contributed by atoms with Crippen molar-refractivity contribution in [2.24, 2.45) is 0 Å². The SMILES string of the molecule is CCCN(C(=O)Cn1ncc2c1-c1ccccc1OC2)c1ccc(C(C)C)cc1. The lowest BCUT2D eigenvalue weighted by atomic mass is 10.0. The summed E-state index contributed by atoms with van der Waals surface area (Å²) < 4.78 is 7.62. The van der Waals surface area contributed by atoms with E-state index in [4.69, 9.17) is 4.74 Å². The van der Waals surface area contributed by atoms with Crippen molar-refractivity contribution in [3.63, 3.8) is 0 Å². The summed E-state index contributed by atoms with van der Waals surface area (Å²) in [6, 6.07) is 16.2. The topological polar surface area (TPSA) is 47.4 Å². The number of rotatable bonds is 6.